The van der Waals surface area contributed by atoms with Gasteiger partial charge < -0.3 is 15.0 Å². The monoisotopic (exact) mass is 423 g/mol. The number of carbonyl (C=O) groups is 3. The summed E-state index contributed by atoms with van der Waals surface area (Å²) in [5.74, 6) is -0.574. The van der Waals surface area contributed by atoms with Crippen molar-refractivity contribution in [3.8, 4) is 0 Å². The molecule has 0 bridgehead atoms. The van der Waals surface area contributed by atoms with E-state index in [1.807, 2.05) is 34.7 Å². The molecule has 30 heavy (non-hydrogen) atoms. The SMILES string of the molecule is CCOC(=O)/C(C)=C/[C@H](C(C)C)N(C)C(=O)C(NC(=O)C1CCCCN1C)C(C)C. The number of hydrogen-bond acceptors (Lipinski definition) is 5. The number of hydrogen-bond donors (Lipinski definition) is 1. The van der Waals surface area contributed by atoms with Crippen LogP contribution in [-0.2, 0) is 19.1 Å². The molecule has 1 N–H and O–H groups in total. The van der Waals surface area contributed by atoms with Crippen LogP contribution in [0.3, 0.4) is 0 Å². The van der Waals surface area contributed by atoms with Crippen molar-refractivity contribution >= 4 is 17.8 Å². The Bertz CT molecular complexity index is 630. The van der Waals surface area contributed by atoms with Crippen LogP contribution in [0.25, 0.3) is 0 Å². The number of esters is 1. The number of ether oxygens (including phenoxy) is 1. The van der Waals surface area contributed by atoms with Crippen molar-refractivity contribution in [1.29, 1.82) is 0 Å². The first-order valence-corrected chi connectivity index (χ1v) is 11.1. The number of nitrogens with one attached hydrogen (secondary N) is 1. The lowest BCUT2D eigenvalue weighted by atomic mass is 9.96. The Balaban J connectivity index is 3.00. The summed E-state index contributed by atoms with van der Waals surface area (Å²) in [5, 5.41) is 3.00. The highest BCUT2D eigenvalue weighted by Gasteiger charge is 2.34. The molecule has 0 aromatic heterocycles. The largest absolute Gasteiger partial charge is 0.463 e. The van der Waals surface area contributed by atoms with Crippen molar-refractivity contribution < 1.29 is 19.1 Å². The highest BCUT2D eigenvalue weighted by Crippen LogP contribution is 2.19. The van der Waals surface area contributed by atoms with Crippen molar-refractivity contribution in [1.82, 2.24) is 15.1 Å². The highest BCUT2D eigenvalue weighted by molar-refractivity contribution is 5.91. The van der Waals surface area contributed by atoms with Crippen molar-refractivity contribution in [3.05, 3.63) is 11.6 Å². The number of rotatable bonds is 9. The van der Waals surface area contributed by atoms with E-state index >= 15 is 0 Å². The molecule has 1 rings (SSSR count). The quantitative estimate of drug-likeness (QED) is 0.456. The zero-order valence-electron chi connectivity index (χ0n) is 20.0. The lowest BCUT2D eigenvalue weighted by molar-refractivity contribution is -0.140. The second kappa shape index (κ2) is 12.1. The molecule has 1 saturated heterocycles. The summed E-state index contributed by atoms with van der Waals surface area (Å²) in [6.07, 6.45) is 4.72. The van der Waals surface area contributed by atoms with Crippen LogP contribution >= 0.6 is 0 Å². The molecule has 0 saturated carbocycles. The van der Waals surface area contributed by atoms with E-state index in [0.717, 1.165) is 25.8 Å². The first kappa shape index (κ1) is 26.1. The van der Waals surface area contributed by atoms with Gasteiger partial charge in [0.2, 0.25) is 11.8 Å². The van der Waals surface area contributed by atoms with Crippen LogP contribution < -0.4 is 5.32 Å². The van der Waals surface area contributed by atoms with Crippen LogP contribution in [0.15, 0.2) is 11.6 Å². The van der Waals surface area contributed by atoms with Crippen LogP contribution in [-0.4, -0.2) is 73.0 Å². The molecule has 0 aromatic carbocycles. The van der Waals surface area contributed by atoms with Crippen LogP contribution in [0.2, 0.25) is 0 Å². The predicted molar refractivity (Wildman–Crippen MR) is 119 cm³/mol. The second-order valence-corrected chi connectivity index (χ2v) is 8.98. The second-order valence-electron chi connectivity index (χ2n) is 8.98. The average molecular weight is 424 g/mol. The van der Waals surface area contributed by atoms with Gasteiger partial charge in [-0.3, -0.25) is 14.5 Å². The smallest absolute Gasteiger partial charge is 0.333 e. The van der Waals surface area contributed by atoms with Gasteiger partial charge in [0.25, 0.3) is 0 Å². The van der Waals surface area contributed by atoms with Gasteiger partial charge >= 0.3 is 5.97 Å². The molecule has 1 aliphatic heterocycles. The summed E-state index contributed by atoms with van der Waals surface area (Å²) in [5.41, 5.74) is 0.476. The third-order valence-electron chi connectivity index (χ3n) is 5.80. The molecule has 0 aromatic rings. The van der Waals surface area contributed by atoms with Gasteiger partial charge in [-0.2, -0.15) is 0 Å². The maximum absolute atomic E-state index is 13.4. The molecule has 172 valence electrons. The van der Waals surface area contributed by atoms with Gasteiger partial charge in [0, 0.05) is 12.6 Å². The van der Waals surface area contributed by atoms with Crippen LogP contribution in [0.1, 0.15) is 60.8 Å². The Morgan fingerprint density at radius 3 is 2.30 bits per heavy atom. The van der Waals surface area contributed by atoms with E-state index in [9.17, 15) is 14.4 Å². The molecule has 3 atom stereocenters. The minimum Gasteiger partial charge on any atom is -0.463 e. The van der Waals surface area contributed by atoms with Crippen LogP contribution in [0.4, 0.5) is 0 Å². The van der Waals surface area contributed by atoms with E-state index in [2.05, 4.69) is 10.2 Å². The number of likely N-dealkylation sites (N-methyl/N-ethyl adjacent to an activating group) is 2. The number of carbonyl (C=O) groups excluding carboxylic acids is 3. The highest BCUT2D eigenvalue weighted by atomic mass is 16.5. The molecule has 0 spiro atoms. The van der Waals surface area contributed by atoms with Crippen molar-refractivity contribution in [3.63, 3.8) is 0 Å². The van der Waals surface area contributed by atoms with Crippen LogP contribution in [0.5, 0.6) is 0 Å². The van der Waals surface area contributed by atoms with Crippen LogP contribution in [0, 0.1) is 11.8 Å². The summed E-state index contributed by atoms with van der Waals surface area (Å²) in [6, 6.07) is -1.09. The predicted octanol–water partition coefficient (Wildman–Crippen LogP) is 2.60. The fourth-order valence-corrected chi connectivity index (χ4v) is 3.86. The molecule has 1 aliphatic rings. The summed E-state index contributed by atoms with van der Waals surface area (Å²) in [4.78, 5) is 42.0. The molecular weight excluding hydrogens is 382 g/mol. The fraction of sp³-hybridized carbons (Fsp3) is 0.783. The van der Waals surface area contributed by atoms with Gasteiger partial charge in [-0.15, -0.1) is 0 Å². The summed E-state index contributed by atoms with van der Waals surface area (Å²) < 4.78 is 5.07. The molecule has 7 nitrogen and oxygen atoms in total. The van der Waals surface area contributed by atoms with Crippen molar-refractivity contribution in [2.75, 3.05) is 27.2 Å². The molecule has 2 amide bonds. The van der Waals surface area contributed by atoms with Crippen molar-refractivity contribution in [2.45, 2.75) is 78.9 Å². The first-order chi connectivity index (χ1) is 14.0. The normalized spacial score (nSPS) is 20.1. The van der Waals surface area contributed by atoms with E-state index < -0.39 is 6.04 Å². The number of likely N-dealkylation sites (tertiary alicyclic amines) is 1. The Hall–Kier alpha value is -1.89. The summed E-state index contributed by atoms with van der Waals surface area (Å²) in [7, 11) is 3.69. The number of amides is 2. The van der Waals surface area contributed by atoms with Gasteiger partial charge in [0.05, 0.1) is 18.7 Å². The lowest BCUT2D eigenvalue weighted by Gasteiger charge is -2.36. The fourth-order valence-electron chi connectivity index (χ4n) is 3.86. The third-order valence-corrected chi connectivity index (χ3v) is 5.80. The molecule has 1 heterocycles. The molecular formula is C23H41N3O4. The topological polar surface area (TPSA) is 79.0 Å². The van der Waals surface area contributed by atoms with E-state index in [1.165, 1.54) is 0 Å². The van der Waals surface area contributed by atoms with E-state index in [0.29, 0.717) is 12.2 Å². The standard InChI is InChI=1S/C23H41N3O4/c1-9-30-23(29)17(6)14-19(15(2)3)26(8)22(28)20(16(4)5)24-21(27)18-12-10-11-13-25(18)7/h14-16,18-20H,9-13H2,1-8H3,(H,24,27)/b17-14+/t18?,19-,20?/m1/s1. The minimum atomic E-state index is -0.615. The zero-order chi connectivity index (χ0) is 23.0. The van der Waals surface area contributed by atoms with E-state index in [4.69, 9.17) is 4.74 Å². The number of nitrogens with zero attached hydrogens (tertiary/aromatic N) is 2. The average Bonchev–Trinajstić information content (AvgIpc) is 2.68. The first-order valence-electron chi connectivity index (χ1n) is 11.1. The van der Waals surface area contributed by atoms with E-state index in [-0.39, 0.29) is 41.7 Å². The molecule has 0 aliphatic carbocycles. The van der Waals surface area contributed by atoms with Gasteiger partial charge in [-0.05, 0) is 52.1 Å². The number of piperidine rings is 1. The molecule has 1 fully saturated rings. The van der Waals surface area contributed by atoms with Gasteiger partial charge in [0.1, 0.15) is 6.04 Å². The Labute approximate surface area is 182 Å². The lowest BCUT2D eigenvalue weighted by Crippen LogP contribution is -2.57. The Kier molecular flexibility index (Phi) is 10.5. The van der Waals surface area contributed by atoms with Crippen molar-refractivity contribution in [2.24, 2.45) is 11.8 Å². The summed E-state index contributed by atoms with van der Waals surface area (Å²) >= 11 is 0. The molecule has 7 heteroatoms. The Morgan fingerprint density at radius 1 is 1.17 bits per heavy atom. The third kappa shape index (κ3) is 7.11. The minimum absolute atomic E-state index is 0.0549. The zero-order valence-corrected chi connectivity index (χ0v) is 20.0. The van der Waals surface area contributed by atoms with Gasteiger partial charge in [0.15, 0.2) is 0 Å². The van der Waals surface area contributed by atoms with Gasteiger partial charge in [-0.25, -0.2) is 4.79 Å². The Morgan fingerprint density at radius 2 is 1.80 bits per heavy atom. The summed E-state index contributed by atoms with van der Waals surface area (Å²) in [6.45, 7) is 12.5. The van der Waals surface area contributed by atoms with Gasteiger partial charge in [-0.1, -0.05) is 40.2 Å². The maximum atomic E-state index is 13.4. The molecule has 2 unspecified atom stereocenters. The maximum Gasteiger partial charge on any atom is 0.333 e. The van der Waals surface area contributed by atoms with E-state index in [1.54, 1.807) is 31.9 Å². The molecule has 0 radical (unpaired) electrons.